The van der Waals surface area contributed by atoms with Crippen molar-refractivity contribution >= 4 is 23.3 Å². The second-order valence-corrected chi connectivity index (χ2v) is 5.42. The second-order valence-electron chi connectivity index (χ2n) is 5.01. The van der Waals surface area contributed by atoms with Crippen LogP contribution >= 0.6 is 11.6 Å². The minimum absolute atomic E-state index is 0.241. The minimum Gasteiger partial charge on any atom is -0.467 e. The number of rotatable bonds is 6. The number of aromatic nitrogens is 2. The van der Waals surface area contributed by atoms with E-state index in [1.54, 1.807) is 24.5 Å². The van der Waals surface area contributed by atoms with Crippen LogP contribution in [0.2, 0.25) is 5.02 Å². The van der Waals surface area contributed by atoms with Crippen molar-refractivity contribution in [3.05, 3.63) is 76.8 Å². The van der Waals surface area contributed by atoms with Crippen LogP contribution in [-0.2, 0) is 13.1 Å². The summed E-state index contributed by atoms with van der Waals surface area (Å²) in [5.41, 5.74) is 1.09. The maximum absolute atomic E-state index is 12.1. The summed E-state index contributed by atoms with van der Waals surface area (Å²) in [6, 6.07) is 14.3. The van der Waals surface area contributed by atoms with Crippen LogP contribution in [0.3, 0.4) is 0 Å². The Bertz CT molecular complexity index is 804. The molecule has 1 aromatic carbocycles. The van der Waals surface area contributed by atoms with Crippen molar-refractivity contribution in [1.82, 2.24) is 15.5 Å². The number of furan rings is 1. The van der Waals surface area contributed by atoms with Crippen LogP contribution in [-0.4, -0.2) is 16.1 Å². The summed E-state index contributed by atoms with van der Waals surface area (Å²) in [6.45, 7) is 0.832. The van der Waals surface area contributed by atoms with Gasteiger partial charge in [0.05, 0.1) is 12.8 Å². The van der Waals surface area contributed by atoms with Crippen LogP contribution in [0, 0.1) is 0 Å². The van der Waals surface area contributed by atoms with Crippen LogP contribution in [0.25, 0.3) is 0 Å². The van der Waals surface area contributed by atoms with Gasteiger partial charge in [-0.05, 0) is 35.9 Å². The van der Waals surface area contributed by atoms with E-state index in [1.165, 1.54) is 0 Å². The predicted octanol–water partition coefficient (Wildman–Crippen LogP) is 3.27. The van der Waals surface area contributed by atoms with Gasteiger partial charge in [-0.2, -0.15) is 0 Å². The summed E-state index contributed by atoms with van der Waals surface area (Å²) in [7, 11) is 0. The number of hydrogen-bond donors (Lipinski definition) is 2. The van der Waals surface area contributed by atoms with Crippen molar-refractivity contribution in [2.24, 2.45) is 0 Å². The van der Waals surface area contributed by atoms with Gasteiger partial charge in [0, 0.05) is 11.6 Å². The van der Waals surface area contributed by atoms with Gasteiger partial charge in [-0.1, -0.05) is 29.8 Å². The van der Waals surface area contributed by atoms with Gasteiger partial charge in [-0.15, -0.1) is 10.2 Å². The molecule has 2 heterocycles. The van der Waals surface area contributed by atoms with E-state index in [9.17, 15) is 4.79 Å². The summed E-state index contributed by atoms with van der Waals surface area (Å²) < 4.78 is 5.22. The minimum atomic E-state index is -0.306. The Morgan fingerprint density at radius 1 is 1.04 bits per heavy atom. The largest absolute Gasteiger partial charge is 0.467 e. The first-order chi connectivity index (χ1) is 11.7. The van der Waals surface area contributed by atoms with Crippen molar-refractivity contribution < 1.29 is 9.21 Å². The Labute approximate surface area is 143 Å². The van der Waals surface area contributed by atoms with Gasteiger partial charge in [0.25, 0.3) is 5.91 Å². The fourth-order valence-electron chi connectivity index (χ4n) is 2.05. The van der Waals surface area contributed by atoms with E-state index in [0.717, 1.165) is 11.3 Å². The maximum Gasteiger partial charge on any atom is 0.272 e. The average molecular weight is 343 g/mol. The summed E-state index contributed by atoms with van der Waals surface area (Å²) in [4.78, 5) is 12.1. The number of nitrogens with zero attached hydrogens (tertiary/aromatic N) is 2. The standard InChI is InChI=1S/C17H15ClN4O2/c18-14-6-2-1-4-12(14)10-20-17(23)15-7-8-16(22-21-15)19-11-13-5-3-9-24-13/h1-9H,10-11H2,(H,19,22)(H,20,23). The van der Waals surface area contributed by atoms with Gasteiger partial charge >= 0.3 is 0 Å². The highest BCUT2D eigenvalue weighted by molar-refractivity contribution is 6.31. The molecule has 2 aromatic heterocycles. The Kier molecular flexibility index (Phi) is 5.08. The number of carbonyl (C=O) groups is 1. The number of halogens is 1. The smallest absolute Gasteiger partial charge is 0.272 e. The zero-order valence-electron chi connectivity index (χ0n) is 12.7. The molecule has 0 fully saturated rings. The van der Waals surface area contributed by atoms with E-state index >= 15 is 0 Å². The highest BCUT2D eigenvalue weighted by Crippen LogP contribution is 2.14. The number of amides is 1. The molecular weight excluding hydrogens is 328 g/mol. The Balaban J connectivity index is 1.54. The summed E-state index contributed by atoms with van der Waals surface area (Å²) in [5.74, 6) is 1.05. The Morgan fingerprint density at radius 3 is 2.62 bits per heavy atom. The number of anilines is 1. The van der Waals surface area contributed by atoms with E-state index in [4.69, 9.17) is 16.0 Å². The topological polar surface area (TPSA) is 80.0 Å². The quantitative estimate of drug-likeness (QED) is 0.718. The fourth-order valence-corrected chi connectivity index (χ4v) is 2.25. The molecule has 0 aliphatic rings. The fraction of sp³-hybridized carbons (Fsp3) is 0.118. The molecular formula is C17H15ClN4O2. The molecule has 0 unspecified atom stereocenters. The zero-order chi connectivity index (χ0) is 16.8. The predicted molar refractivity (Wildman–Crippen MR) is 90.7 cm³/mol. The number of nitrogens with one attached hydrogen (secondary N) is 2. The SMILES string of the molecule is O=C(NCc1ccccc1Cl)c1ccc(NCc2ccco2)nn1. The molecule has 0 aliphatic heterocycles. The van der Waals surface area contributed by atoms with Crippen molar-refractivity contribution in [1.29, 1.82) is 0 Å². The monoisotopic (exact) mass is 342 g/mol. The third kappa shape index (κ3) is 4.11. The molecule has 6 nitrogen and oxygen atoms in total. The van der Waals surface area contributed by atoms with Crippen molar-refractivity contribution in [2.45, 2.75) is 13.1 Å². The first kappa shape index (κ1) is 16.0. The van der Waals surface area contributed by atoms with Crippen molar-refractivity contribution in [2.75, 3.05) is 5.32 Å². The molecule has 122 valence electrons. The third-order valence-corrected chi connectivity index (χ3v) is 3.69. The molecule has 0 atom stereocenters. The average Bonchev–Trinajstić information content (AvgIpc) is 3.13. The molecule has 1 amide bonds. The number of hydrogen-bond acceptors (Lipinski definition) is 5. The summed E-state index contributed by atoms with van der Waals surface area (Å²) in [6.07, 6.45) is 1.61. The third-order valence-electron chi connectivity index (χ3n) is 3.32. The highest BCUT2D eigenvalue weighted by atomic mass is 35.5. The van der Waals surface area contributed by atoms with E-state index in [-0.39, 0.29) is 11.6 Å². The molecule has 0 radical (unpaired) electrons. The number of benzene rings is 1. The lowest BCUT2D eigenvalue weighted by atomic mass is 10.2. The molecule has 0 saturated carbocycles. The molecule has 0 bridgehead atoms. The Hall–Kier alpha value is -2.86. The first-order valence-electron chi connectivity index (χ1n) is 7.34. The van der Waals surface area contributed by atoms with Gasteiger partial charge in [-0.3, -0.25) is 4.79 Å². The van der Waals surface area contributed by atoms with Gasteiger partial charge in [-0.25, -0.2) is 0 Å². The normalized spacial score (nSPS) is 10.4. The van der Waals surface area contributed by atoms with Crippen molar-refractivity contribution in [3.8, 4) is 0 Å². The van der Waals surface area contributed by atoms with Gasteiger partial charge in [0.15, 0.2) is 5.69 Å². The lowest BCUT2D eigenvalue weighted by Gasteiger charge is -2.07. The van der Waals surface area contributed by atoms with Crippen LogP contribution in [0.5, 0.6) is 0 Å². The van der Waals surface area contributed by atoms with Gasteiger partial charge in [0.1, 0.15) is 11.6 Å². The molecule has 0 saturated heterocycles. The molecule has 2 N–H and O–H groups in total. The van der Waals surface area contributed by atoms with E-state index < -0.39 is 0 Å². The molecule has 0 spiro atoms. The molecule has 7 heteroatoms. The molecule has 24 heavy (non-hydrogen) atoms. The second kappa shape index (κ2) is 7.61. The van der Waals surface area contributed by atoms with Gasteiger partial charge < -0.3 is 15.1 Å². The summed E-state index contributed by atoms with van der Waals surface area (Å²) >= 11 is 6.06. The maximum atomic E-state index is 12.1. The van der Waals surface area contributed by atoms with Crippen LogP contribution in [0.4, 0.5) is 5.82 Å². The zero-order valence-corrected chi connectivity index (χ0v) is 13.5. The number of carbonyl (C=O) groups excluding carboxylic acids is 1. The lowest BCUT2D eigenvalue weighted by molar-refractivity contribution is 0.0945. The van der Waals surface area contributed by atoms with Crippen LogP contribution in [0.1, 0.15) is 21.8 Å². The van der Waals surface area contributed by atoms with E-state index in [2.05, 4.69) is 20.8 Å². The van der Waals surface area contributed by atoms with Crippen LogP contribution in [0.15, 0.2) is 59.2 Å². The van der Waals surface area contributed by atoms with Crippen LogP contribution < -0.4 is 10.6 Å². The molecule has 3 aromatic rings. The Morgan fingerprint density at radius 2 is 1.92 bits per heavy atom. The first-order valence-corrected chi connectivity index (χ1v) is 7.72. The van der Waals surface area contributed by atoms with E-state index in [0.29, 0.717) is 23.9 Å². The van der Waals surface area contributed by atoms with Crippen molar-refractivity contribution in [3.63, 3.8) is 0 Å². The highest BCUT2D eigenvalue weighted by Gasteiger charge is 2.09. The summed E-state index contributed by atoms with van der Waals surface area (Å²) in [5, 5.41) is 14.4. The van der Waals surface area contributed by atoms with E-state index in [1.807, 2.05) is 30.3 Å². The molecule has 0 aliphatic carbocycles. The van der Waals surface area contributed by atoms with Gasteiger partial charge in [0.2, 0.25) is 0 Å². The molecule has 3 rings (SSSR count). The lowest BCUT2D eigenvalue weighted by Crippen LogP contribution is -2.24.